The maximum Gasteiger partial charge on any atom is 0.407 e. The van der Waals surface area contributed by atoms with Crippen molar-refractivity contribution in [1.29, 1.82) is 0 Å². The molecule has 23 heavy (non-hydrogen) atoms. The Balaban J connectivity index is 2.29. The first-order valence-electron chi connectivity index (χ1n) is 7.16. The molecule has 1 fully saturated rings. The van der Waals surface area contributed by atoms with Gasteiger partial charge >= 0.3 is 12.1 Å². The molecular formula is C15H19FN2O5. The van der Waals surface area contributed by atoms with Crippen LogP contribution >= 0.6 is 0 Å². The zero-order chi connectivity index (χ0) is 17.0. The van der Waals surface area contributed by atoms with Crippen LogP contribution in [0.15, 0.2) is 12.1 Å². The fourth-order valence-corrected chi connectivity index (χ4v) is 2.57. The van der Waals surface area contributed by atoms with E-state index in [1.54, 1.807) is 4.90 Å². The Morgan fingerprint density at radius 1 is 1.17 bits per heavy atom. The molecule has 1 aliphatic heterocycles. The highest BCUT2D eigenvalue weighted by molar-refractivity contribution is 5.93. The Hall–Kier alpha value is -2.51. The highest BCUT2D eigenvalue weighted by atomic mass is 19.1. The Labute approximate surface area is 133 Å². The van der Waals surface area contributed by atoms with E-state index in [1.807, 2.05) is 0 Å². The summed E-state index contributed by atoms with van der Waals surface area (Å²) in [4.78, 5) is 25.7. The normalized spacial score (nSPS) is 15.1. The minimum absolute atomic E-state index is 0.0123. The van der Waals surface area contributed by atoms with Crippen molar-refractivity contribution in [1.82, 2.24) is 4.90 Å². The topological polar surface area (TPSA) is 79.3 Å². The maximum absolute atomic E-state index is 14.4. The second kappa shape index (κ2) is 7.17. The number of rotatable bonds is 3. The number of carbonyl (C=O) groups excluding carboxylic acids is 1. The van der Waals surface area contributed by atoms with Gasteiger partial charge in [-0.1, -0.05) is 0 Å². The second-order valence-corrected chi connectivity index (χ2v) is 5.11. The molecule has 1 aromatic rings. The minimum Gasteiger partial charge on any atom is -0.496 e. The van der Waals surface area contributed by atoms with Crippen molar-refractivity contribution in [2.75, 3.05) is 45.3 Å². The molecule has 1 amide bonds. The van der Waals surface area contributed by atoms with Gasteiger partial charge in [-0.3, -0.25) is 0 Å². The summed E-state index contributed by atoms with van der Waals surface area (Å²) in [6.07, 6.45) is -0.391. The van der Waals surface area contributed by atoms with Crippen molar-refractivity contribution < 1.29 is 28.6 Å². The first-order valence-corrected chi connectivity index (χ1v) is 7.16. The Kier molecular flexibility index (Phi) is 5.25. The molecule has 1 saturated heterocycles. The number of carboxylic acid groups (broad SMARTS) is 1. The Morgan fingerprint density at radius 3 is 2.52 bits per heavy atom. The van der Waals surface area contributed by atoms with Crippen molar-refractivity contribution in [3.05, 3.63) is 23.5 Å². The summed E-state index contributed by atoms with van der Waals surface area (Å²) in [5.41, 5.74) is 0.292. The van der Waals surface area contributed by atoms with Crippen LogP contribution in [-0.4, -0.2) is 62.5 Å². The highest BCUT2D eigenvalue weighted by Crippen LogP contribution is 2.30. The molecule has 0 radical (unpaired) electrons. The number of nitrogens with zero attached hydrogens (tertiary/aromatic N) is 2. The zero-order valence-electron chi connectivity index (χ0n) is 13.0. The molecule has 1 aromatic carbocycles. The fourth-order valence-electron chi connectivity index (χ4n) is 2.57. The van der Waals surface area contributed by atoms with Crippen molar-refractivity contribution in [2.45, 2.75) is 6.42 Å². The van der Waals surface area contributed by atoms with E-state index in [0.29, 0.717) is 26.1 Å². The number of esters is 1. The maximum atomic E-state index is 14.4. The Morgan fingerprint density at radius 2 is 1.91 bits per heavy atom. The fraction of sp³-hybridized carbons (Fsp3) is 0.467. The minimum atomic E-state index is -0.981. The standard InChI is InChI=1S/C15H19FN2O5/c1-22-13-9-12(11(16)8-10(13)14(19)23-2)17-4-3-5-18(7-6-17)15(20)21/h8-9H,3-7H2,1-2H3,(H,20,21). The predicted molar refractivity (Wildman–Crippen MR) is 80.7 cm³/mol. The van der Waals surface area contributed by atoms with E-state index in [1.165, 1.54) is 25.2 Å². The van der Waals surface area contributed by atoms with Gasteiger partial charge in [0.1, 0.15) is 17.1 Å². The predicted octanol–water partition coefficient (Wildman–Crippen LogP) is 1.81. The number of ether oxygens (including phenoxy) is 2. The van der Waals surface area contributed by atoms with Gasteiger partial charge in [0.2, 0.25) is 0 Å². The molecule has 0 saturated carbocycles. The summed E-state index contributed by atoms with van der Waals surface area (Å²) in [5.74, 6) is -1.04. The van der Waals surface area contributed by atoms with Crippen LogP contribution in [0.5, 0.6) is 5.75 Å². The van der Waals surface area contributed by atoms with E-state index >= 15 is 0 Å². The molecule has 126 valence electrons. The van der Waals surface area contributed by atoms with Gasteiger partial charge in [0.05, 0.1) is 19.9 Å². The molecule has 2 rings (SSSR count). The van der Waals surface area contributed by atoms with Gasteiger partial charge in [0.15, 0.2) is 0 Å². The molecule has 0 aliphatic carbocycles. The highest BCUT2D eigenvalue weighted by Gasteiger charge is 2.23. The first kappa shape index (κ1) is 16.9. The summed E-state index contributed by atoms with van der Waals surface area (Å²) in [5, 5.41) is 9.04. The van der Waals surface area contributed by atoms with E-state index in [0.717, 1.165) is 6.07 Å². The van der Waals surface area contributed by atoms with Crippen LogP contribution in [0.25, 0.3) is 0 Å². The number of methoxy groups -OCH3 is 2. The molecule has 8 heteroatoms. The smallest absolute Gasteiger partial charge is 0.407 e. The molecule has 1 aliphatic rings. The van der Waals surface area contributed by atoms with E-state index in [-0.39, 0.29) is 23.5 Å². The van der Waals surface area contributed by atoms with E-state index in [9.17, 15) is 14.0 Å². The quantitative estimate of drug-likeness (QED) is 0.854. The number of hydrogen-bond donors (Lipinski definition) is 1. The third kappa shape index (κ3) is 3.64. The molecule has 0 bridgehead atoms. The summed E-state index contributed by atoms with van der Waals surface area (Å²) < 4.78 is 24.2. The van der Waals surface area contributed by atoms with Crippen LogP contribution in [0, 0.1) is 5.82 Å². The van der Waals surface area contributed by atoms with Gasteiger partial charge in [-0.05, 0) is 12.5 Å². The number of hydrogen-bond acceptors (Lipinski definition) is 5. The van der Waals surface area contributed by atoms with Gasteiger partial charge in [-0.25, -0.2) is 14.0 Å². The lowest BCUT2D eigenvalue weighted by Gasteiger charge is -2.24. The third-order valence-electron chi connectivity index (χ3n) is 3.78. The van der Waals surface area contributed by atoms with Crippen LogP contribution < -0.4 is 9.64 Å². The third-order valence-corrected chi connectivity index (χ3v) is 3.78. The van der Waals surface area contributed by atoms with Crippen LogP contribution in [0.3, 0.4) is 0 Å². The van der Waals surface area contributed by atoms with E-state index in [2.05, 4.69) is 4.74 Å². The summed E-state index contributed by atoms with van der Waals surface area (Å²) in [6.45, 7) is 1.58. The van der Waals surface area contributed by atoms with Crippen LogP contribution in [0.1, 0.15) is 16.8 Å². The van der Waals surface area contributed by atoms with Crippen LogP contribution in [0.4, 0.5) is 14.9 Å². The average Bonchev–Trinajstić information content (AvgIpc) is 2.80. The van der Waals surface area contributed by atoms with Crippen molar-refractivity contribution >= 4 is 17.7 Å². The lowest BCUT2D eigenvalue weighted by Crippen LogP contribution is -2.34. The number of halogens is 1. The molecule has 0 spiro atoms. The average molecular weight is 326 g/mol. The number of anilines is 1. The summed E-state index contributed by atoms with van der Waals surface area (Å²) in [7, 11) is 2.60. The molecular weight excluding hydrogens is 307 g/mol. The van der Waals surface area contributed by atoms with Gasteiger partial charge in [0.25, 0.3) is 0 Å². The van der Waals surface area contributed by atoms with E-state index in [4.69, 9.17) is 9.84 Å². The monoisotopic (exact) mass is 326 g/mol. The van der Waals surface area contributed by atoms with Gasteiger partial charge in [-0.2, -0.15) is 0 Å². The molecule has 0 unspecified atom stereocenters. The van der Waals surface area contributed by atoms with Gasteiger partial charge in [-0.15, -0.1) is 0 Å². The Bertz CT molecular complexity index is 608. The first-order chi connectivity index (χ1) is 11.0. The second-order valence-electron chi connectivity index (χ2n) is 5.11. The molecule has 7 nitrogen and oxygen atoms in total. The van der Waals surface area contributed by atoms with Crippen LogP contribution in [-0.2, 0) is 4.74 Å². The van der Waals surface area contributed by atoms with Crippen molar-refractivity contribution in [2.24, 2.45) is 0 Å². The molecule has 0 atom stereocenters. The lowest BCUT2D eigenvalue weighted by molar-refractivity contribution is 0.0596. The van der Waals surface area contributed by atoms with Crippen LogP contribution in [0.2, 0.25) is 0 Å². The van der Waals surface area contributed by atoms with Crippen molar-refractivity contribution in [3.8, 4) is 5.75 Å². The number of amides is 1. The lowest BCUT2D eigenvalue weighted by atomic mass is 10.1. The zero-order valence-corrected chi connectivity index (χ0v) is 13.0. The summed E-state index contributed by atoms with van der Waals surface area (Å²) in [6, 6.07) is 2.53. The molecule has 1 N–H and O–H groups in total. The molecule has 0 aromatic heterocycles. The SMILES string of the molecule is COC(=O)c1cc(F)c(N2CCCN(C(=O)O)CC2)cc1OC. The number of carbonyl (C=O) groups is 2. The number of benzene rings is 1. The van der Waals surface area contributed by atoms with Gasteiger partial charge in [0, 0.05) is 32.2 Å². The molecule has 1 heterocycles. The van der Waals surface area contributed by atoms with Gasteiger partial charge < -0.3 is 24.4 Å². The van der Waals surface area contributed by atoms with E-state index < -0.39 is 17.9 Å². The van der Waals surface area contributed by atoms with Crippen molar-refractivity contribution in [3.63, 3.8) is 0 Å². The largest absolute Gasteiger partial charge is 0.496 e. The summed E-state index contributed by atoms with van der Waals surface area (Å²) >= 11 is 0.